The lowest BCUT2D eigenvalue weighted by Crippen LogP contribution is -2.20. The van der Waals surface area contributed by atoms with Gasteiger partial charge < -0.3 is 9.64 Å². The summed E-state index contributed by atoms with van der Waals surface area (Å²) in [5.74, 6) is 1.40. The number of hydrogen-bond donors (Lipinski definition) is 0. The average Bonchev–Trinajstić information content (AvgIpc) is 2.68. The highest BCUT2D eigenvalue weighted by molar-refractivity contribution is 8.02. The summed E-state index contributed by atoms with van der Waals surface area (Å²) in [5, 5.41) is 2.05. The summed E-state index contributed by atoms with van der Waals surface area (Å²) in [4.78, 5) is 18.7. The smallest absolute Gasteiger partial charge is 0.338 e. The van der Waals surface area contributed by atoms with E-state index in [4.69, 9.17) is 9.73 Å². The number of esters is 1. The summed E-state index contributed by atoms with van der Waals surface area (Å²) in [6.45, 7) is 2.17. The Balaban J connectivity index is 1.84. The molecule has 3 rings (SSSR count). The predicted molar refractivity (Wildman–Crippen MR) is 104 cm³/mol. The van der Waals surface area contributed by atoms with Crippen molar-refractivity contribution < 1.29 is 9.53 Å². The molecule has 1 heterocycles. The maximum absolute atomic E-state index is 11.9. The molecule has 1 aliphatic rings. The Labute approximate surface area is 152 Å². The van der Waals surface area contributed by atoms with Crippen molar-refractivity contribution in [2.24, 2.45) is 4.99 Å². The molecule has 128 valence electrons. The first kappa shape index (κ1) is 17.3. The summed E-state index contributed by atoms with van der Waals surface area (Å²) in [7, 11) is 1.95. The van der Waals surface area contributed by atoms with Crippen molar-refractivity contribution in [3.63, 3.8) is 0 Å². The first-order chi connectivity index (χ1) is 12.2. The van der Waals surface area contributed by atoms with Gasteiger partial charge in [0.2, 0.25) is 0 Å². The number of benzene rings is 2. The number of aliphatic imine (C=N–C) groups is 1. The minimum atomic E-state index is -0.307. The monoisotopic (exact) mass is 352 g/mol. The van der Waals surface area contributed by atoms with Gasteiger partial charge in [0.15, 0.2) is 0 Å². The van der Waals surface area contributed by atoms with Crippen molar-refractivity contribution in [3.05, 3.63) is 77.0 Å². The van der Waals surface area contributed by atoms with Crippen LogP contribution in [0.5, 0.6) is 0 Å². The second-order valence-corrected chi connectivity index (χ2v) is 6.40. The summed E-state index contributed by atoms with van der Waals surface area (Å²) < 4.78 is 5.08. The number of rotatable bonds is 5. The molecule has 0 saturated heterocycles. The van der Waals surface area contributed by atoms with E-state index >= 15 is 0 Å². The maximum Gasteiger partial charge on any atom is 0.338 e. The average molecular weight is 352 g/mol. The third-order valence-electron chi connectivity index (χ3n) is 3.85. The molecule has 0 unspecified atom stereocenters. The van der Waals surface area contributed by atoms with Gasteiger partial charge in [-0.3, -0.25) is 0 Å². The van der Waals surface area contributed by atoms with Crippen LogP contribution in [0.4, 0.5) is 5.69 Å². The third kappa shape index (κ3) is 4.12. The van der Waals surface area contributed by atoms with Gasteiger partial charge in [-0.1, -0.05) is 36.4 Å². The molecular weight excluding hydrogens is 332 g/mol. The van der Waals surface area contributed by atoms with Crippen LogP contribution in [0.3, 0.4) is 0 Å². The number of carbonyl (C=O) groups excluding carboxylic acids is 1. The largest absolute Gasteiger partial charge is 0.462 e. The zero-order valence-corrected chi connectivity index (χ0v) is 15.1. The molecule has 0 atom stereocenters. The van der Waals surface area contributed by atoms with E-state index in [9.17, 15) is 4.79 Å². The highest BCUT2D eigenvalue weighted by Crippen LogP contribution is 2.26. The molecule has 0 fully saturated rings. The van der Waals surface area contributed by atoms with Gasteiger partial charge >= 0.3 is 5.97 Å². The fourth-order valence-electron chi connectivity index (χ4n) is 2.51. The number of hydrogen-bond acceptors (Lipinski definition) is 5. The highest BCUT2D eigenvalue weighted by atomic mass is 32.2. The number of nitrogens with zero attached hydrogens (tertiary/aromatic N) is 2. The summed E-state index contributed by atoms with van der Waals surface area (Å²) in [6.07, 6.45) is 0. The molecule has 2 aromatic carbocycles. The Hall–Kier alpha value is -2.53. The predicted octanol–water partition coefficient (Wildman–Crippen LogP) is 4.33. The van der Waals surface area contributed by atoms with Crippen LogP contribution in [-0.2, 0) is 4.74 Å². The molecule has 4 nitrogen and oxygen atoms in total. The fourth-order valence-corrected chi connectivity index (χ4v) is 3.35. The molecule has 0 spiro atoms. The topological polar surface area (TPSA) is 41.9 Å². The van der Waals surface area contributed by atoms with E-state index in [-0.39, 0.29) is 5.97 Å². The van der Waals surface area contributed by atoms with Gasteiger partial charge in [-0.15, -0.1) is 11.8 Å². The molecule has 0 radical (unpaired) electrons. The lowest BCUT2D eigenvalue weighted by Gasteiger charge is -2.23. The lowest BCUT2D eigenvalue weighted by molar-refractivity contribution is 0.0526. The molecule has 0 saturated carbocycles. The van der Waals surface area contributed by atoms with Crippen LogP contribution in [0.15, 0.2) is 70.8 Å². The van der Waals surface area contributed by atoms with Gasteiger partial charge in [0.25, 0.3) is 0 Å². The number of carbonyl (C=O) groups is 1. The molecule has 0 aromatic heterocycles. The first-order valence-electron chi connectivity index (χ1n) is 8.14. The molecule has 5 heteroatoms. The van der Waals surface area contributed by atoms with Crippen molar-refractivity contribution in [2.45, 2.75) is 6.92 Å². The van der Waals surface area contributed by atoms with Crippen LogP contribution in [0.1, 0.15) is 22.8 Å². The molecule has 2 aromatic rings. The summed E-state index contributed by atoms with van der Waals surface area (Å²) >= 11 is 1.72. The SMILES string of the molecule is CCOC(=O)c1cccc(N(C)C2=CSCC(c3ccccc3)=N2)c1. The second kappa shape index (κ2) is 8.03. The molecule has 0 aliphatic carbocycles. The Morgan fingerprint density at radius 2 is 2.00 bits per heavy atom. The fraction of sp³-hybridized carbons (Fsp3) is 0.200. The quantitative estimate of drug-likeness (QED) is 0.751. The van der Waals surface area contributed by atoms with E-state index in [0.29, 0.717) is 12.2 Å². The standard InChI is InChI=1S/C20H20N2O2S/c1-3-24-20(23)16-10-7-11-17(12-16)22(2)19-14-25-13-18(21-19)15-8-5-4-6-9-15/h4-12,14H,3,13H2,1-2H3. The van der Waals surface area contributed by atoms with Crippen LogP contribution in [0, 0.1) is 0 Å². The molecule has 0 N–H and O–H groups in total. The van der Waals surface area contributed by atoms with Crippen LogP contribution < -0.4 is 4.90 Å². The number of ether oxygens (including phenoxy) is 1. The molecule has 1 aliphatic heterocycles. The highest BCUT2D eigenvalue weighted by Gasteiger charge is 2.15. The van der Waals surface area contributed by atoms with E-state index in [1.165, 1.54) is 0 Å². The van der Waals surface area contributed by atoms with Crippen LogP contribution in [-0.4, -0.2) is 31.1 Å². The van der Waals surface area contributed by atoms with Crippen LogP contribution in [0.2, 0.25) is 0 Å². The minimum absolute atomic E-state index is 0.307. The zero-order valence-electron chi connectivity index (χ0n) is 14.3. The van der Waals surface area contributed by atoms with E-state index in [1.807, 2.05) is 53.8 Å². The maximum atomic E-state index is 11.9. The third-order valence-corrected chi connectivity index (χ3v) is 4.67. The van der Waals surface area contributed by atoms with E-state index in [0.717, 1.165) is 28.5 Å². The van der Waals surface area contributed by atoms with Crippen LogP contribution >= 0.6 is 11.8 Å². The lowest BCUT2D eigenvalue weighted by atomic mass is 10.1. The minimum Gasteiger partial charge on any atom is -0.462 e. The van der Waals surface area contributed by atoms with E-state index < -0.39 is 0 Å². The van der Waals surface area contributed by atoms with Gasteiger partial charge in [0.1, 0.15) is 5.82 Å². The Bertz CT molecular complexity index is 815. The van der Waals surface area contributed by atoms with Crippen molar-refractivity contribution >= 4 is 29.1 Å². The van der Waals surface area contributed by atoms with Crippen molar-refractivity contribution in [3.8, 4) is 0 Å². The van der Waals surface area contributed by atoms with Gasteiger partial charge in [-0.2, -0.15) is 0 Å². The van der Waals surface area contributed by atoms with Gasteiger partial charge in [0.05, 0.1) is 17.9 Å². The molecule has 0 bridgehead atoms. The van der Waals surface area contributed by atoms with E-state index in [2.05, 4.69) is 12.1 Å². The Morgan fingerprint density at radius 3 is 2.76 bits per heavy atom. The number of thioether (sulfide) groups is 1. The first-order valence-corrected chi connectivity index (χ1v) is 9.19. The van der Waals surface area contributed by atoms with E-state index in [1.54, 1.807) is 24.8 Å². The van der Waals surface area contributed by atoms with Crippen LogP contribution in [0.25, 0.3) is 0 Å². The van der Waals surface area contributed by atoms with Crippen molar-refractivity contribution in [1.29, 1.82) is 0 Å². The Kier molecular flexibility index (Phi) is 5.56. The second-order valence-electron chi connectivity index (χ2n) is 5.54. The summed E-state index contributed by atoms with van der Waals surface area (Å²) in [5.41, 5.74) is 3.63. The number of anilines is 1. The van der Waals surface area contributed by atoms with Gasteiger partial charge in [0, 0.05) is 23.9 Å². The van der Waals surface area contributed by atoms with Crippen molar-refractivity contribution in [1.82, 2.24) is 0 Å². The Morgan fingerprint density at radius 1 is 1.20 bits per heavy atom. The van der Waals surface area contributed by atoms with Gasteiger partial charge in [-0.05, 0) is 30.7 Å². The molecule has 25 heavy (non-hydrogen) atoms. The summed E-state index contributed by atoms with van der Waals surface area (Å²) in [6, 6.07) is 17.6. The molecule has 0 amide bonds. The zero-order chi connectivity index (χ0) is 17.6. The van der Waals surface area contributed by atoms with Crippen molar-refractivity contribution in [2.75, 3.05) is 24.3 Å². The molecular formula is C20H20N2O2S. The van der Waals surface area contributed by atoms with Gasteiger partial charge in [-0.25, -0.2) is 9.79 Å². The normalized spacial score (nSPS) is 13.7.